The Labute approximate surface area is 182 Å². The van der Waals surface area contributed by atoms with Gasteiger partial charge in [-0.15, -0.1) is 0 Å². The van der Waals surface area contributed by atoms with E-state index in [9.17, 15) is 4.79 Å². The summed E-state index contributed by atoms with van der Waals surface area (Å²) in [5.74, 6) is 0.642. The first kappa shape index (κ1) is 22.2. The van der Waals surface area contributed by atoms with Crippen LogP contribution in [0.15, 0.2) is 35.4 Å². The van der Waals surface area contributed by atoms with Gasteiger partial charge in [-0.2, -0.15) is 0 Å². The summed E-state index contributed by atoms with van der Waals surface area (Å²) in [5.41, 5.74) is -0.449. The van der Waals surface area contributed by atoms with E-state index in [1.807, 2.05) is 46.0 Å². The zero-order valence-corrected chi connectivity index (χ0v) is 19.2. The van der Waals surface area contributed by atoms with Crippen molar-refractivity contribution in [3.8, 4) is 0 Å². The first-order chi connectivity index (χ1) is 13.7. The second-order valence-electron chi connectivity index (χ2n) is 8.61. The number of fused-ring (bicyclic) bond motifs is 1. The Bertz CT molecular complexity index is 848. The predicted octanol–water partition coefficient (Wildman–Crippen LogP) is 5.86. The lowest BCUT2D eigenvalue weighted by Crippen LogP contribution is -2.36. The summed E-state index contributed by atoms with van der Waals surface area (Å²) in [6.07, 6.45) is 4.82. The van der Waals surface area contributed by atoms with Crippen LogP contribution in [0.25, 0.3) is 10.8 Å². The largest absolute Gasteiger partial charge is 0.444 e. The molecule has 29 heavy (non-hydrogen) atoms. The number of pyridine rings is 1. The lowest BCUT2D eigenvalue weighted by atomic mass is 9.94. The number of carbonyl (C=O) groups excluding carboxylic acids is 1. The molecule has 158 valence electrons. The molecule has 0 unspecified atom stereocenters. The van der Waals surface area contributed by atoms with Crippen LogP contribution in [-0.2, 0) is 4.74 Å². The summed E-state index contributed by atoms with van der Waals surface area (Å²) in [5, 5.41) is 2.70. The molecule has 0 saturated carbocycles. The second kappa shape index (κ2) is 9.54. The molecule has 1 amide bonds. The highest BCUT2D eigenvalue weighted by Crippen LogP contribution is 2.35. The summed E-state index contributed by atoms with van der Waals surface area (Å²) < 4.78 is 7.86. The number of piperidine rings is 1. The first-order valence-electron chi connectivity index (χ1n) is 10.1. The summed E-state index contributed by atoms with van der Waals surface area (Å²) in [6.45, 7) is 8.51. The lowest BCUT2D eigenvalue weighted by Gasteiger charge is -2.32. The molecule has 0 spiro atoms. The summed E-state index contributed by atoms with van der Waals surface area (Å²) in [7, 11) is 1.82. The van der Waals surface area contributed by atoms with Gasteiger partial charge in [0.25, 0.3) is 0 Å². The van der Waals surface area contributed by atoms with Gasteiger partial charge in [0.15, 0.2) is 0 Å². The van der Waals surface area contributed by atoms with Crippen LogP contribution in [0.2, 0.25) is 5.15 Å². The van der Waals surface area contributed by atoms with Crippen LogP contribution in [0.3, 0.4) is 0 Å². The minimum Gasteiger partial charge on any atom is -0.444 e. The molecular weight excluding hydrogens is 406 g/mol. The van der Waals surface area contributed by atoms with E-state index in [0.29, 0.717) is 11.1 Å². The number of amides is 1. The minimum atomic E-state index is -0.449. The van der Waals surface area contributed by atoms with Gasteiger partial charge in [0.2, 0.25) is 0 Å². The molecule has 1 aliphatic heterocycles. The molecular formula is C22H30ClN3O2S. The molecule has 1 aromatic carbocycles. The van der Waals surface area contributed by atoms with Gasteiger partial charge in [0, 0.05) is 48.5 Å². The first-order valence-corrected chi connectivity index (χ1v) is 11.3. The average molecular weight is 436 g/mol. The van der Waals surface area contributed by atoms with Gasteiger partial charge in [-0.3, -0.25) is 0 Å². The van der Waals surface area contributed by atoms with Gasteiger partial charge >= 0.3 is 6.09 Å². The number of ether oxygens (including phenoxy) is 1. The number of rotatable bonds is 5. The Balaban J connectivity index is 1.48. The molecule has 7 heteroatoms. The van der Waals surface area contributed by atoms with Gasteiger partial charge < -0.3 is 9.64 Å². The Kier molecular flexibility index (Phi) is 7.30. The number of hydrogen-bond acceptors (Lipinski definition) is 5. The Morgan fingerprint density at radius 1 is 1.28 bits per heavy atom. The van der Waals surface area contributed by atoms with Crippen LogP contribution >= 0.6 is 23.5 Å². The van der Waals surface area contributed by atoms with Crippen LogP contribution in [0.5, 0.6) is 0 Å². The van der Waals surface area contributed by atoms with E-state index in [-0.39, 0.29) is 6.09 Å². The number of nitrogens with zero attached hydrogens (tertiary/aromatic N) is 3. The van der Waals surface area contributed by atoms with E-state index in [1.165, 1.54) is 4.90 Å². The molecule has 1 aromatic heterocycles. The number of hydrogen-bond donors (Lipinski definition) is 0. The van der Waals surface area contributed by atoms with E-state index in [1.54, 1.807) is 23.0 Å². The standard InChI is InChI=1S/C22H30ClN3O2S/c1-22(2,3)28-21(27)25(4)13-9-16-10-14-26(15-11-16)29-19-7-5-6-18-17(19)8-12-24-20(18)23/h5-8,12,16H,9-11,13-15H2,1-4H3. The Morgan fingerprint density at radius 3 is 2.69 bits per heavy atom. The fourth-order valence-corrected chi connectivity index (χ4v) is 4.77. The maximum atomic E-state index is 12.1. The molecule has 0 aliphatic carbocycles. The lowest BCUT2D eigenvalue weighted by molar-refractivity contribution is 0.0287. The van der Waals surface area contributed by atoms with Crippen molar-refractivity contribution in [3.63, 3.8) is 0 Å². The molecule has 3 rings (SSSR count). The molecule has 0 bridgehead atoms. The van der Waals surface area contributed by atoms with Gasteiger partial charge in [-0.1, -0.05) is 23.7 Å². The van der Waals surface area contributed by atoms with Crippen LogP contribution in [-0.4, -0.2) is 52.6 Å². The Hall–Kier alpha value is -1.50. The quantitative estimate of drug-likeness (QED) is 0.434. The fourth-order valence-electron chi connectivity index (χ4n) is 3.46. The topological polar surface area (TPSA) is 45.7 Å². The van der Waals surface area contributed by atoms with Crippen LogP contribution < -0.4 is 0 Å². The summed E-state index contributed by atoms with van der Waals surface area (Å²) >= 11 is 8.04. The van der Waals surface area contributed by atoms with Crippen LogP contribution in [0, 0.1) is 5.92 Å². The normalized spacial score (nSPS) is 16.2. The summed E-state index contributed by atoms with van der Waals surface area (Å²) in [6, 6.07) is 8.23. The fraction of sp³-hybridized carbons (Fsp3) is 0.545. The smallest absolute Gasteiger partial charge is 0.410 e. The number of aromatic nitrogens is 1. The van der Waals surface area contributed by atoms with Crippen LogP contribution in [0.4, 0.5) is 4.79 Å². The molecule has 5 nitrogen and oxygen atoms in total. The molecule has 1 saturated heterocycles. The van der Waals surface area contributed by atoms with E-state index < -0.39 is 5.60 Å². The minimum absolute atomic E-state index is 0.241. The molecule has 1 fully saturated rings. The highest BCUT2D eigenvalue weighted by atomic mass is 35.5. The molecule has 2 heterocycles. The number of carbonyl (C=O) groups is 1. The molecule has 2 aromatic rings. The van der Waals surface area contributed by atoms with E-state index in [4.69, 9.17) is 16.3 Å². The van der Waals surface area contributed by atoms with Crippen molar-refractivity contribution in [1.82, 2.24) is 14.2 Å². The van der Waals surface area contributed by atoms with Crippen molar-refractivity contribution in [2.75, 3.05) is 26.7 Å². The van der Waals surface area contributed by atoms with Gasteiger partial charge in [-0.25, -0.2) is 14.1 Å². The number of benzene rings is 1. The highest BCUT2D eigenvalue weighted by molar-refractivity contribution is 7.97. The third-order valence-electron chi connectivity index (χ3n) is 5.10. The zero-order chi connectivity index (χ0) is 21.0. The van der Waals surface area contributed by atoms with E-state index in [2.05, 4.69) is 15.4 Å². The highest BCUT2D eigenvalue weighted by Gasteiger charge is 2.23. The Morgan fingerprint density at radius 2 is 2.00 bits per heavy atom. The molecule has 0 atom stereocenters. The van der Waals surface area contributed by atoms with Crippen molar-refractivity contribution in [2.45, 2.75) is 50.5 Å². The SMILES string of the molecule is CN(CCC1CCN(Sc2cccc3c(Cl)nccc23)CC1)C(=O)OC(C)(C)C. The van der Waals surface area contributed by atoms with Crippen molar-refractivity contribution in [2.24, 2.45) is 5.92 Å². The van der Waals surface area contributed by atoms with Crippen LogP contribution in [0.1, 0.15) is 40.0 Å². The molecule has 0 N–H and O–H groups in total. The third kappa shape index (κ3) is 6.24. The van der Waals surface area contributed by atoms with Gasteiger partial charge in [-0.05, 0) is 70.0 Å². The monoisotopic (exact) mass is 435 g/mol. The van der Waals surface area contributed by atoms with Crippen molar-refractivity contribution in [1.29, 1.82) is 0 Å². The maximum Gasteiger partial charge on any atom is 0.410 e. The average Bonchev–Trinajstić information content (AvgIpc) is 2.67. The van der Waals surface area contributed by atoms with E-state index in [0.717, 1.165) is 49.7 Å². The van der Waals surface area contributed by atoms with Crippen molar-refractivity contribution < 1.29 is 9.53 Å². The van der Waals surface area contributed by atoms with Gasteiger partial charge in [0.1, 0.15) is 10.8 Å². The molecule has 1 aliphatic rings. The molecule has 0 radical (unpaired) electrons. The van der Waals surface area contributed by atoms with Gasteiger partial charge in [0.05, 0.1) is 0 Å². The maximum absolute atomic E-state index is 12.1. The zero-order valence-electron chi connectivity index (χ0n) is 17.7. The van der Waals surface area contributed by atoms with Crippen molar-refractivity contribution >= 4 is 40.4 Å². The predicted molar refractivity (Wildman–Crippen MR) is 120 cm³/mol. The third-order valence-corrected chi connectivity index (χ3v) is 6.57. The van der Waals surface area contributed by atoms with E-state index >= 15 is 0 Å². The van der Waals surface area contributed by atoms with Crippen molar-refractivity contribution in [3.05, 3.63) is 35.6 Å². The number of halogens is 1. The summed E-state index contributed by atoms with van der Waals surface area (Å²) in [4.78, 5) is 19.2. The second-order valence-corrected chi connectivity index (χ2v) is 10.1.